The number of amides is 1. The molecule has 0 aromatic carbocycles. The van der Waals surface area contributed by atoms with Crippen LogP contribution in [0.3, 0.4) is 0 Å². The maximum atomic E-state index is 11.1. The molecule has 2 rings (SSSR count). The molecule has 1 N–H and O–H groups in total. The predicted molar refractivity (Wildman–Crippen MR) is 54.6 cm³/mol. The molecule has 2 fully saturated rings. The highest BCUT2D eigenvalue weighted by atomic mass is 16.2. The van der Waals surface area contributed by atoms with Crippen LogP contribution in [0.15, 0.2) is 0 Å². The summed E-state index contributed by atoms with van der Waals surface area (Å²) in [6, 6.07) is 0.376. The minimum absolute atomic E-state index is 0.193. The van der Waals surface area contributed by atoms with Crippen LogP contribution in [-0.4, -0.2) is 48.6 Å². The Bertz CT molecular complexity index is 213. The summed E-state index contributed by atoms with van der Waals surface area (Å²) in [6.07, 6.45) is 4.59. The number of hydrazine groups is 1. The number of rotatable bonds is 2. The monoisotopic (exact) mass is 197 g/mol. The van der Waals surface area contributed by atoms with E-state index in [1.165, 1.54) is 19.3 Å². The van der Waals surface area contributed by atoms with Crippen molar-refractivity contribution in [1.82, 2.24) is 15.3 Å². The van der Waals surface area contributed by atoms with Crippen molar-refractivity contribution in [3.63, 3.8) is 0 Å². The second-order valence-electron chi connectivity index (χ2n) is 4.25. The zero-order valence-corrected chi connectivity index (χ0v) is 8.83. The standard InChI is InChI=1S/C10H19N3O/c1-12(9-7-10(14)11-8-9)13-5-3-2-4-6-13/h9H,2-8H2,1H3,(H,11,14). The van der Waals surface area contributed by atoms with E-state index in [1.807, 2.05) is 0 Å². The van der Waals surface area contributed by atoms with Gasteiger partial charge in [-0.15, -0.1) is 0 Å². The van der Waals surface area contributed by atoms with E-state index in [2.05, 4.69) is 22.4 Å². The second-order valence-corrected chi connectivity index (χ2v) is 4.25. The Balaban J connectivity index is 1.86. The zero-order valence-electron chi connectivity index (χ0n) is 8.83. The molecule has 0 spiro atoms. The van der Waals surface area contributed by atoms with Gasteiger partial charge in [0.05, 0.1) is 6.04 Å². The predicted octanol–water partition coefficient (Wildman–Crippen LogP) is 0.208. The molecule has 2 heterocycles. The third kappa shape index (κ3) is 2.07. The van der Waals surface area contributed by atoms with E-state index in [0.717, 1.165) is 19.6 Å². The molecule has 4 nitrogen and oxygen atoms in total. The van der Waals surface area contributed by atoms with E-state index in [4.69, 9.17) is 0 Å². The molecule has 1 unspecified atom stereocenters. The fourth-order valence-electron chi connectivity index (χ4n) is 2.28. The van der Waals surface area contributed by atoms with Gasteiger partial charge in [-0.25, -0.2) is 10.0 Å². The van der Waals surface area contributed by atoms with Crippen LogP contribution in [0, 0.1) is 0 Å². The Labute approximate surface area is 85.2 Å². The maximum Gasteiger partial charge on any atom is 0.221 e. The van der Waals surface area contributed by atoms with E-state index in [9.17, 15) is 4.79 Å². The van der Waals surface area contributed by atoms with Gasteiger partial charge in [-0.3, -0.25) is 4.79 Å². The van der Waals surface area contributed by atoms with E-state index < -0.39 is 0 Å². The lowest BCUT2D eigenvalue weighted by Gasteiger charge is -2.37. The van der Waals surface area contributed by atoms with Gasteiger partial charge in [0, 0.05) is 33.1 Å². The van der Waals surface area contributed by atoms with Gasteiger partial charge in [0.1, 0.15) is 0 Å². The third-order valence-corrected chi connectivity index (χ3v) is 3.26. The van der Waals surface area contributed by atoms with E-state index >= 15 is 0 Å². The molecule has 1 amide bonds. The summed E-state index contributed by atoms with van der Waals surface area (Å²) >= 11 is 0. The molecule has 0 aromatic heterocycles. The van der Waals surface area contributed by atoms with Crippen molar-refractivity contribution in [3.8, 4) is 0 Å². The number of piperidine rings is 1. The molecule has 2 saturated heterocycles. The second kappa shape index (κ2) is 4.28. The Hall–Kier alpha value is -0.610. The summed E-state index contributed by atoms with van der Waals surface area (Å²) in [5.41, 5.74) is 0. The molecule has 1 atom stereocenters. The van der Waals surface area contributed by atoms with Crippen molar-refractivity contribution in [3.05, 3.63) is 0 Å². The molecule has 0 bridgehead atoms. The van der Waals surface area contributed by atoms with Crippen LogP contribution in [0.1, 0.15) is 25.7 Å². The van der Waals surface area contributed by atoms with Crippen LogP contribution in [0.4, 0.5) is 0 Å². The fourth-order valence-corrected chi connectivity index (χ4v) is 2.28. The van der Waals surface area contributed by atoms with E-state index in [0.29, 0.717) is 12.5 Å². The van der Waals surface area contributed by atoms with Crippen molar-refractivity contribution < 1.29 is 4.79 Å². The number of hydrogen-bond acceptors (Lipinski definition) is 3. The van der Waals surface area contributed by atoms with Crippen LogP contribution in [0.25, 0.3) is 0 Å². The lowest BCUT2D eigenvalue weighted by molar-refractivity contribution is -0.120. The average Bonchev–Trinajstić information content (AvgIpc) is 2.65. The largest absolute Gasteiger partial charge is 0.354 e. The third-order valence-electron chi connectivity index (χ3n) is 3.26. The van der Waals surface area contributed by atoms with Crippen molar-refractivity contribution in [2.75, 3.05) is 26.7 Å². The quantitative estimate of drug-likeness (QED) is 0.687. The number of carbonyl (C=O) groups is 1. The molecule has 2 aliphatic rings. The Morgan fingerprint density at radius 2 is 2.07 bits per heavy atom. The first kappa shape index (κ1) is 9.93. The fraction of sp³-hybridized carbons (Fsp3) is 0.900. The van der Waals surface area contributed by atoms with Gasteiger partial charge in [0.15, 0.2) is 0 Å². The van der Waals surface area contributed by atoms with Crippen LogP contribution < -0.4 is 5.32 Å². The van der Waals surface area contributed by atoms with Gasteiger partial charge in [-0.1, -0.05) is 6.42 Å². The van der Waals surface area contributed by atoms with Crippen molar-refractivity contribution in [2.45, 2.75) is 31.7 Å². The minimum Gasteiger partial charge on any atom is -0.354 e. The van der Waals surface area contributed by atoms with E-state index in [-0.39, 0.29) is 5.91 Å². The summed E-state index contributed by atoms with van der Waals surface area (Å²) in [6.45, 7) is 3.12. The first-order valence-electron chi connectivity index (χ1n) is 5.52. The lowest BCUT2D eigenvalue weighted by Crippen LogP contribution is -2.49. The highest BCUT2D eigenvalue weighted by molar-refractivity contribution is 5.78. The van der Waals surface area contributed by atoms with Gasteiger partial charge < -0.3 is 5.32 Å². The minimum atomic E-state index is 0.193. The number of carbonyl (C=O) groups excluding carboxylic acids is 1. The van der Waals surface area contributed by atoms with Gasteiger partial charge >= 0.3 is 0 Å². The normalized spacial score (nSPS) is 29.6. The number of nitrogens with one attached hydrogen (secondary N) is 1. The molecule has 0 aromatic rings. The summed E-state index contributed by atoms with van der Waals surface area (Å²) in [5, 5.41) is 7.53. The van der Waals surface area contributed by atoms with Crippen LogP contribution in [-0.2, 0) is 4.79 Å². The van der Waals surface area contributed by atoms with Crippen molar-refractivity contribution >= 4 is 5.91 Å². The number of likely N-dealkylation sites (N-methyl/N-ethyl adjacent to an activating group) is 1. The average molecular weight is 197 g/mol. The zero-order chi connectivity index (χ0) is 9.97. The molecule has 80 valence electrons. The molecule has 0 radical (unpaired) electrons. The SMILES string of the molecule is CN(C1CNC(=O)C1)N1CCCCC1. The molecule has 14 heavy (non-hydrogen) atoms. The molecule has 0 saturated carbocycles. The molecular weight excluding hydrogens is 178 g/mol. The Morgan fingerprint density at radius 1 is 1.36 bits per heavy atom. The van der Waals surface area contributed by atoms with Gasteiger partial charge in [-0.05, 0) is 12.8 Å². The summed E-state index contributed by atoms with van der Waals surface area (Å²) in [5.74, 6) is 0.193. The number of nitrogens with zero attached hydrogens (tertiary/aromatic N) is 2. The molecule has 4 heteroatoms. The van der Waals surface area contributed by atoms with Crippen LogP contribution in [0.5, 0.6) is 0 Å². The number of hydrogen-bond donors (Lipinski definition) is 1. The smallest absolute Gasteiger partial charge is 0.221 e. The first-order valence-corrected chi connectivity index (χ1v) is 5.52. The van der Waals surface area contributed by atoms with Crippen LogP contribution in [0.2, 0.25) is 0 Å². The van der Waals surface area contributed by atoms with Crippen molar-refractivity contribution in [1.29, 1.82) is 0 Å². The lowest BCUT2D eigenvalue weighted by atomic mass is 10.1. The van der Waals surface area contributed by atoms with Crippen molar-refractivity contribution in [2.24, 2.45) is 0 Å². The molecule has 2 aliphatic heterocycles. The van der Waals surface area contributed by atoms with Gasteiger partial charge in [0.2, 0.25) is 5.91 Å². The summed E-state index contributed by atoms with van der Waals surface area (Å²) < 4.78 is 0. The first-order chi connectivity index (χ1) is 6.77. The topological polar surface area (TPSA) is 35.6 Å². The maximum absolute atomic E-state index is 11.1. The van der Waals surface area contributed by atoms with Gasteiger partial charge in [-0.2, -0.15) is 0 Å². The Kier molecular flexibility index (Phi) is 3.03. The summed E-state index contributed by atoms with van der Waals surface area (Å²) in [7, 11) is 2.11. The highest BCUT2D eigenvalue weighted by Crippen LogP contribution is 2.15. The molecular formula is C10H19N3O. The Morgan fingerprint density at radius 3 is 2.64 bits per heavy atom. The molecule has 0 aliphatic carbocycles. The van der Waals surface area contributed by atoms with Crippen LogP contribution >= 0.6 is 0 Å². The van der Waals surface area contributed by atoms with Gasteiger partial charge in [0.25, 0.3) is 0 Å². The summed E-state index contributed by atoms with van der Waals surface area (Å²) in [4.78, 5) is 11.1. The highest BCUT2D eigenvalue weighted by Gasteiger charge is 2.28. The van der Waals surface area contributed by atoms with E-state index in [1.54, 1.807) is 0 Å².